The zero-order valence-corrected chi connectivity index (χ0v) is 10.8. The first-order chi connectivity index (χ1) is 9.28. The second-order valence-corrected chi connectivity index (χ2v) is 4.11. The molecule has 19 heavy (non-hydrogen) atoms. The summed E-state index contributed by atoms with van der Waals surface area (Å²) in [4.78, 5) is 15.6. The van der Waals surface area contributed by atoms with Crippen molar-refractivity contribution in [2.24, 2.45) is 0 Å². The van der Waals surface area contributed by atoms with E-state index in [2.05, 4.69) is 10.3 Å². The van der Waals surface area contributed by atoms with Gasteiger partial charge in [0.2, 0.25) is 5.91 Å². The van der Waals surface area contributed by atoms with Gasteiger partial charge in [0.25, 0.3) is 0 Å². The summed E-state index contributed by atoms with van der Waals surface area (Å²) >= 11 is 0. The average molecular weight is 260 g/mol. The molecule has 0 fully saturated rings. The third-order valence-electron chi connectivity index (χ3n) is 2.73. The molecule has 1 heterocycles. The molecular weight excluding hydrogens is 244 g/mol. The highest BCUT2D eigenvalue weighted by molar-refractivity contribution is 5.76. The lowest BCUT2D eigenvalue weighted by Gasteiger charge is -2.05. The van der Waals surface area contributed by atoms with Crippen LogP contribution < -0.4 is 10.1 Å². The molecule has 0 bridgehead atoms. The average Bonchev–Trinajstić information content (AvgIpc) is 2.96. The molecule has 0 radical (unpaired) electrons. The molecule has 0 saturated carbocycles. The minimum atomic E-state index is -0.00850. The Hall–Kier alpha value is -2.30. The molecule has 0 aliphatic rings. The standard InChI is InChI=1S/C14H16N2O3/c1-18-13-4-2-3-11(7-13)5-6-14(17)15-8-12-9-19-10-16-12/h2-4,7,9-10H,5-6,8H2,1H3,(H,15,17). The maximum absolute atomic E-state index is 11.7. The summed E-state index contributed by atoms with van der Waals surface area (Å²) in [6.07, 6.45) is 3.98. The Morgan fingerprint density at radius 1 is 1.47 bits per heavy atom. The van der Waals surface area contributed by atoms with Crippen LogP contribution >= 0.6 is 0 Å². The molecule has 1 aromatic carbocycles. The van der Waals surface area contributed by atoms with E-state index >= 15 is 0 Å². The van der Waals surface area contributed by atoms with Gasteiger partial charge in [-0.1, -0.05) is 12.1 Å². The van der Waals surface area contributed by atoms with Crippen molar-refractivity contribution in [2.75, 3.05) is 7.11 Å². The van der Waals surface area contributed by atoms with Gasteiger partial charge < -0.3 is 14.5 Å². The number of rotatable bonds is 6. The maximum Gasteiger partial charge on any atom is 0.220 e. The molecule has 1 N–H and O–H groups in total. The van der Waals surface area contributed by atoms with Crippen molar-refractivity contribution in [3.8, 4) is 5.75 Å². The van der Waals surface area contributed by atoms with Gasteiger partial charge in [0.1, 0.15) is 12.0 Å². The quantitative estimate of drug-likeness (QED) is 0.862. The van der Waals surface area contributed by atoms with E-state index in [-0.39, 0.29) is 5.91 Å². The predicted molar refractivity (Wildman–Crippen MR) is 69.7 cm³/mol. The fraction of sp³-hybridized carbons (Fsp3) is 0.286. The summed E-state index contributed by atoms with van der Waals surface area (Å²) < 4.78 is 9.96. The van der Waals surface area contributed by atoms with Crippen LogP contribution in [0.4, 0.5) is 0 Å². The van der Waals surface area contributed by atoms with E-state index in [9.17, 15) is 4.79 Å². The first kappa shape index (κ1) is 13.1. The first-order valence-electron chi connectivity index (χ1n) is 6.04. The number of hydrogen-bond acceptors (Lipinski definition) is 4. The van der Waals surface area contributed by atoms with Gasteiger partial charge in [0, 0.05) is 6.42 Å². The number of nitrogens with one attached hydrogen (secondary N) is 1. The number of carbonyl (C=O) groups excluding carboxylic acids is 1. The number of methoxy groups -OCH3 is 1. The minimum absolute atomic E-state index is 0.00850. The molecule has 0 unspecified atom stereocenters. The Bertz CT molecular complexity index is 523. The van der Waals surface area contributed by atoms with Crippen LogP contribution in [0.1, 0.15) is 17.7 Å². The normalized spacial score (nSPS) is 10.2. The molecule has 1 amide bonds. The highest BCUT2D eigenvalue weighted by atomic mass is 16.5. The van der Waals surface area contributed by atoms with Crippen LogP contribution in [0.2, 0.25) is 0 Å². The number of aromatic nitrogens is 1. The summed E-state index contributed by atoms with van der Waals surface area (Å²) in [5, 5.41) is 2.79. The second-order valence-electron chi connectivity index (χ2n) is 4.11. The first-order valence-corrected chi connectivity index (χ1v) is 6.04. The van der Waals surface area contributed by atoms with Crippen molar-refractivity contribution in [1.82, 2.24) is 10.3 Å². The van der Waals surface area contributed by atoms with Crippen LogP contribution in [-0.2, 0) is 17.8 Å². The molecule has 1 aromatic heterocycles. The Balaban J connectivity index is 1.76. The molecule has 0 aliphatic heterocycles. The highest BCUT2D eigenvalue weighted by Gasteiger charge is 2.04. The molecule has 0 atom stereocenters. The number of nitrogens with zero attached hydrogens (tertiary/aromatic N) is 1. The van der Waals surface area contributed by atoms with Crippen molar-refractivity contribution < 1.29 is 13.9 Å². The van der Waals surface area contributed by atoms with E-state index < -0.39 is 0 Å². The monoisotopic (exact) mass is 260 g/mol. The molecule has 5 nitrogen and oxygen atoms in total. The molecule has 100 valence electrons. The zero-order valence-electron chi connectivity index (χ0n) is 10.8. The Kier molecular flexibility index (Phi) is 4.55. The third kappa shape index (κ3) is 4.13. The summed E-state index contributed by atoms with van der Waals surface area (Å²) in [5.41, 5.74) is 1.80. The fourth-order valence-corrected chi connectivity index (χ4v) is 1.69. The number of amides is 1. The van der Waals surface area contributed by atoms with Crippen LogP contribution in [0.5, 0.6) is 5.75 Å². The number of ether oxygens (including phenoxy) is 1. The van der Waals surface area contributed by atoms with Crippen LogP contribution in [0, 0.1) is 0 Å². The van der Waals surface area contributed by atoms with E-state index in [0.29, 0.717) is 19.4 Å². The number of oxazole rings is 1. The van der Waals surface area contributed by atoms with Crippen molar-refractivity contribution in [3.05, 3.63) is 48.2 Å². The number of benzene rings is 1. The lowest BCUT2D eigenvalue weighted by molar-refractivity contribution is -0.121. The molecule has 0 saturated heterocycles. The van der Waals surface area contributed by atoms with Gasteiger partial charge in [-0.15, -0.1) is 0 Å². The van der Waals surface area contributed by atoms with E-state index in [1.807, 2.05) is 24.3 Å². The topological polar surface area (TPSA) is 64.4 Å². The Morgan fingerprint density at radius 3 is 3.11 bits per heavy atom. The highest BCUT2D eigenvalue weighted by Crippen LogP contribution is 2.13. The molecule has 2 aromatic rings. The SMILES string of the molecule is COc1cccc(CCC(=O)NCc2cocn2)c1. The molecule has 5 heteroatoms. The number of carbonyl (C=O) groups is 1. The zero-order chi connectivity index (χ0) is 13.5. The summed E-state index contributed by atoms with van der Waals surface area (Å²) in [6.45, 7) is 0.396. The summed E-state index contributed by atoms with van der Waals surface area (Å²) in [7, 11) is 1.63. The predicted octanol–water partition coefficient (Wildman–Crippen LogP) is 1.93. The van der Waals surface area contributed by atoms with Gasteiger partial charge >= 0.3 is 0 Å². The molecule has 0 spiro atoms. The van der Waals surface area contributed by atoms with Crippen molar-refractivity contribution in [2.45, 2.75) is 19.4 Å². The lowest BCUT2D eigenvalue weighted by Crippen LogP contribution is -2.23. The Labute approximate surface area is 111 Å². The van der Waals surface area contributed by atoms with Gasteiger partial charge in [0.05, 0.1) is 19.3 Å². The van der Waals surface area contributed by atoms with Gasteiger partial charge in [-0.2, -0.15) is 0 Å². The molecule has 2 rings (SSSR count). The molecular formula is C14H16N2O3. The maximum atomic E-state index is 11.7. The van der Waals surface area contributed by atoms with Gasteiger partial charge in [-0.05, 0) is 24.1 Å². The summed E-state index contributed by atoms with van der Waals surface area (Å²) in [5.74, 6) is 0.798. The largest absolute Gasteiger partial charge is 0.497 e. The van der Waals surface area contributed by atoms with Crippen molar-refractivity contribution >= 4 is 5.91 Å². The van der Waals surface area contributed by atoms with E-state index in [1.54, 1.807) is 7.11 Å². The van der Waals surface area contributed by atoms with Crippen LogP contribution in [-0.4, -0.2) is 18.0 Å². The number of aryl methyl sites for hydroxylation is 1. The minimum Gasteiger partial charge on any atom is -0.497 e. The molecule has 0 aliphatic carbocycles. The smallest absolute Gasteiger partial charge is 0.220 e. The Morgan fingerprint density at radius 2 is 2.37 bits per heavy atom. The summed E-state index contributed by atoms with van der Waals surface area (Å²) in [6, 6.07) is 7.72. The second kappa shape index (κ2) is 6.58. The lowest BCUT2D eigenvalue weighted by atomic mass is 10.1. The van der Waals surface area contributed by atoms with Gasteiger partial charge in [0.15, 0.2) is 6.39 Å². The van der Waals surface area contributed by atoms with E-state index in [4.69, 9.17) is 9.15 Å². The van der Waals surface area contributed by atoms with Crippen molar-refractivity contribution in [3.63, 3.8) is 0 Å². The van der Waals surface area contributed by atoms with E-state index in [1.165, 1.54) is 12.7 Å². The van der Waals surface area contributed by atoms with Crippen molar-refractivity contribution in [1.29, 1.82) is 0 Å². The van der Waals surface area contributed by atoms with Gasteiger partial charge in [-0.25, -0.2) is 4.98 Å². The van der Waals surface area contributed by atoms with Crippen LogP contribution in [0.3, 0.4) is 0 Å². The third-order valence-corrected chi connectivity index (χ3v) is 2.73. The fourth-order valence-electron chi connectivity index (χ4n) is 1.69. The van der Waals surface area contributed by atoms with E-state index in [0.717, 1.165) is 17.0 Å². The number of hydrogen-bond donors (Lipinski definition) is 1. The van der Waals surface area contributed by atoms with Crippen LogP contribution in [0.25, 0.3) is 0 Å². The van der Waals surface area contributed by atoms with Gasteiger partial charge in [-0.3, -0.25) is 4.79 Å². The van der Waals surface area contributed by atoms with Crippen LogP contribution in [0.15, 0.2) is 41.3 Å².